The fourth-order valence-electron chi connectivity index (χ4n) is 4.85. The van der Waals surface area contributed by atoms with Gasteiger partial charge in [-0.2, -0.15) is 0 Å². The molecule has 0 aromatic carbocycles. The van der Waals surface area contributed by atoms with Crippen molar-refractivity contribution >= 4 is 11.8 Å². The van der Waals surface area contributed by atoms with E-state index in [1.54, 1.807) is 0 Å². The molecule has 3 aliphatic rings. The van der Waals surface area contributed by atoms with E-state index in [2.05, 4.69) is 13.8 Å². The van der Waals surface area contributed by atoms with Crippen molar-refractivity contribution in [3.05, 3.63) is 0 Å². The van der Waals surface area contributed by atoms with Crippen molar-refractivity contribution in [2.24, 2.45) is 22.7 Å². The quantitative estimate of drug-likeness (QED) is 0.751. The highest BCUT2D eigenvalue weighted by Gasteiger charge is 2.66. The molecule has 2 aliphatic carbocycles. The topological polar surface area (TPSA) is 72.8 Å². The average Bonchev–Trinajstić information content (AvgIpc) is 2.90. The van der Waals surface area contributed by atoms with Gasteiger partial charge in [-0.1, -0.05) is 20.8 Å². The van der Waals surface area contributed by atoms with E-state index in [1.165, 1.54) is 0 Å². The molecule has 3 rings (SSSR count). The maximum Gasteiger partial charge on any atom is 0.314 e. The average molecular weight is 296 g/mol. The van der Waals surface area contributed by atoms with Crippen LogP contribution in [0, 0.1) is 22.7 Å². The van der Waals surface area contributed by atoms with Gasteiger partial charge in [-0.15, -0.1) is 0 Å². The lowest BCUT2D eigenvalue weighted by Crippen LogP contribution is -2.63. The molecule has 4 atom stereocenters. The summed E-state index contributed by atoms with van der Waals surface area (Å²) >= 11 is 0. The van der Waals surface area contributed by atoms with E-state index in [9.17, 15) is 14.7 Å². The van der Waals surface area contributed by atoms with Gasteiger partial charge in [0.05, 0.1) is 13.2 Å². The Bertz CT molecular complexity index is 481. The van der Waals surface area contributed by atoms with Crippen molar-refractivity contribution in [2.45, 2.75) is 52.2 Å². The first-order chi connectivity index (χ1) is 9.77. The van der Waals surface area contributed by atoms with Gasteiger partial charge in [-0.25, -0.2) is 0 Å². The first-order valence-electron chi connectivity index (χ1n) is 7.82. The molecule has 21 heavy (non-hydrogen) atoms. The Morgan fingerprint density at radius 1 is 1.19 bits per heavy atom. The fraction of sp³-hybridized carbons (Fsp3) is 0.875. The molecule has 5 nitrogen and oxygen atoms in total. The Kier molecular flexibility index (Phi) is 3.23. The van der Waals surface area contributed by atoms with Crippen LogP contribution < -0.4 is 0 Å². The van der Waals surface area contributed by atoms with Crippen LogP contribution >= 0.6 is 0 Å². The van der Waals surface area contributed by atoms with Crippen molar-refractivity contribution < 1.29 is 24.2 Å². The molecule has 118 valence electrons. The second-order valence-corrected chi connectivity index (χ2v) is 7.27. The monoisotopic (exact) mass is 296 g/mol. The molecule has 1 N–H and O–H groups in total. The van der Waals surface area contributed by atoms with Gasteiger partial charge in [0.25, 0.3) is 0 Å². The molecule has 5 heteroatoms. The van der Waals surface area contributed by atoms with E-state index < -0.39 is 23.1 Å². The summed E-state index contributed by atoms with van der Waals surface area (Å²) in [5, 5.41) is 9.30. The van der Waals surface area contributed by atoms with Crippen molar-refractivity contribution in [2.75, 3.05) is 13.2 Å². The number of Topliss-reactive ketones (excluding diaryl/α,β-unsaturated/α-hetero) is 1. The number of hydrogen-bond donors (Lipinski definition) is 1. The van der Waals surface area contributed by atoms with Gasteiger partial charge in [0.1, 0.15) is 5.92 Å². The number of hydrogen-bond acceptors (Lipinski definition) is 4. The molecule has 0 bridgehead atoms. The van der Waals surface area contributed by atoms with E-state index in [0.29, 0.717) is 32.5 Å². The highest BCUT2D eigenvalue weighted by Crippen LogP contribution is 2.64. The number of carbonyl (C=O) groups excluding carboxylic acids is 1. The minimum Gasteiger partial charge on any atom is -0.481 e. The summed E-state index contributed by atoms with van der Waals surface area (Å²) in [6.07, 6.45) is 2.44. The maximum atomic E-state index is 12.8. The van der Waals surface area contributed by atoms with Gasteiger partial charge >= 0.3 is 5.97 Å². The summed E-state index contributed by atoms with van der Waals surface area (Å²) in [7, 11) is 0. The van der Waals surface area contributed by atoms with Crippen LogP contribution in [0.1, 0.15) is 46.5 Å². The molecule has 4 unspecified atom stereocenters. The number of carbonyl (C=O) groups is 2. The molecule has 3 fully saturated rings. The van der Waals surface area contributed by atoms with E-state index in [4.69, 9.17) is 9.47 Å². The lowest BCUT2D eigenvalue weighted by molar-refractivity contribution is -0.268. The standard InChI is InChI=1S/C16H24O5/c1-10-14(2)5-4-11(13(18)19)12(17)15(14,3)6-7-16(10)20-8-9-21-16/h10-11H,4-9H2,1-3H3,(H,18,19). The Labute approximate surface area is 125 Å². The number of ketones is 1. The van der Waals surface area contributed by atoms with Gasteiger partial charge in [0.2, 0.25) is 0 Å². The van der Waals surface area contributed by atoms with Crippen molar-refractivity contribution in [3.8, 4) is 0 Å². The fourth-order valence-corrected chi connectivity index (χ4v) is 4.85. The van der Waals surface area contributed by atoms with E-state index in [1.807, 2.05) is 6.92 Å². The minimum atomic E-state index is -0.982. The van der Waals surface area contributed by atoms with Crippen LogP contribution in [0.4, 0.5) is 0 Å². The van der Waals surface area contributed by atoms with Crippen molar-refractivity contribution in [1.29, 1.82) is 0 Å². The van der Waals surface area contributed by atoms with E-state index >= 15 is 0 Å². The van der Waals surface area contributed by atoms with Crippen LogP contribution in [0.25, 0.3) is 0 Å². The molecule has 0 amide bonds. The highest BCUT2D eigenvalue weighted by molar-refractivity contribution is 6.02. The predicted octanol–water partition coefficient (Wildman–Crippen LogP) is 2.24. The Morgan fingerprint density at radius 2 is 1.81 bits per heavy atom. The van der Waals surface area contributed by atoms with Crippen LogP contribution in [-0.4, -0.2) is 35.9 Å². The lowest BCUT2D eigenvalue weighted by Gasteiger charge is -2.60. The molecular formula is C16H24O5. The Morgan fingerprint density at radius 3 is 2.38 bits per heavy atom. The lowest BCUT2D eigenvalue weighted by atomic mass is 9.45. The summed E-state index contributed by atoms with van der Waals surface area (Å²) in [5.74, 6) is -2.45. The maximum absolute atomic E-state index is 12.8. The van der Waals surface area contributed by atoms with Gasteiger partial charge < -0.3 is 14.6 Å². The van der Waals surface area contributed by atoms with E-state index in [0.717, 1.165) is 6.42 Å². The predicted molar refractivity (Wildman–Crippen MR) is 74.6 cm³/mol. The molecule has 1 heterocycles. The molecule has 1 saturated heterocycles. The second kappa shape index (κ2) is 4.53. The van der Waals surface area contributed by atoms with Gasteiger partial charge in [0, 0.05) is 17.8 Å². The highest BCUT2D eigenvalue weighted by atomic mass is 16.7. The zero-order valence-corrected chi connectivity index (χ0v) is 13.0. The Hall–Kier alpha value is -0.940. The van der Waals surface area contributed by atoms with E-state index in [-0.39, 0.29) is 17.1 Å². The normalized spacial score (nSPS) is 45.6. The summed E-state index contributed by atoms with van der Waals surface area (Å²) in [6.45, 7) is 7.35. The molecule has 1 spiro atoms. The second-order valence-electron chi connectivity index (χ2n) is 7.27. The minimum absolute atomic E-state index is 0.0740. The third-order valence-electron chi connectivity index (χ3n) is 6.74. The molecular weight excluding hydrogens is 272 g/mol. The van der Waals surface area contributed by atoms with Crippen LogP contribution in [0.3, 0.4) is 0 Å². The van der Waals surface area contributed by atoms with Crippen LogP contribution in [0.2, 0.25) is 0 Å². The number of carboxylic acids is 1. The summed E-state index contributed by atoms with van der Waals surface area (Å²) in [4.78, 5) is 24.2. The summed E-state index contributed by atoms with van der Waals surface area (Å²) < 4.78 is 11.8. The number of carboxylic acid groups (broad SMARTS) is 1. The van der Waals surface area contributed by atoms with Crippen LogP contribution in [-0.2, 0) is 19.1 Å². The number of aliphatic carboxylic acids is 1. The molecule has 2 saturated carbocycles. The van der Waals surface area contributed by atoms with Gasteiger partial charge in [-0.3, -0.25) is 9.59 Å². The first kappa shape index (κ1) is 15.0. The van der Waals surface area contributed by atoms with Crippen LogP contribution in [0.15, 0.2) is 0 Å². The number of ether oxygens (including phenoxy) is 2. The largest absolute Gasteiger partial charge is 0.481 e. The summed E-state index contributed by atoms with van der Waals surface area (Å²) in [5.41, 5.74) is -0.882. The molecule has 0 radical (unpaired) electrons. The van der Waals surface area contributed by atoms with Crippen LogP contribution in [0.5, 0.6) is 0 Å². The smallest absolute Gasteiger partial charge is 0.314 e. The third kappa shape index (κ3) is 1.77. The number of fused-ring (bicyclic) bond motifs is 1. The third-order valence-corrected chi connectivity index (χ3v) is 6.74. The molecule has 0 aromatic rings. The van der Waals surface area contributed by atoms with Crippen molar-refractivity contribution in [3.63, 3.8) is 0 Å². The number of rotatable bonds is 1. The zero-order valence-electron chi connectivity index (χ0n) is 13.0. The SMILES string of the molecule is CC1C2(CCC3(C)C(=O)C(C(=O)O)CCC13C)OCCO2. The molecule has 0 aromatic heterocycles. The van der Waals surface area contributed by atoms with Gasteiger partial charge in [-0.05, 0) is 24.7 Å². The van der Waals surface area contributed by atoms with Gasteiger partial charge in [0.15, 0.2) is 11.6 Å². The van der Waals surface area contributed by atoms with Crippen molar-refractivity contribution in [1.82, 2.24) is 0 Å². The Balaban J connectivity index is 1.98. The first-order valence-corrected chi connectivity index (χ1v) is 7.82. The summed E-state index contributed by atoms with van der Waals surface area (Å²) in [6, 6.07) is 0. The zero-order chi connectivity index (χ0) is 15.5. The molecule has 1 aliphatic heterocycles.